The van der Waals surface area contributed by atoms with Crippen molar-refractivity contribution in [1.29, 1.82) is 0 Å². The van der Waals surface area contributed by atoms with E-state index in [2.05, 4.69) is 17.5 Å². The molecule has 0 fully saturated rings. The van der Waals surface area contributed by atoms with E-state index in [1.807, 2.05) is 12.1 Å². The normalized spacial score (nSPS) is 11.0. The quantitative estimate of drug-likeness (QED) is 0.198. The van der Waals surface area contributed by atoms with Crippen molar-refractivity contribution >= 4 is 29.4 Å². The molecule has 3 N–H and O–H groups in total. The molecule has 0 aliphatic heterocycles. The number of anilines is 1. The fourth-order valence-corrected chi connectivity index (χ4v) is 3.08. The van der Waals surface area contributed by atoms with Crippen LogP contribution in [-0.2, 0) is 0 Å². The molecule has 0 unspecified atom stereocenters. The van der Waals surface area contributed by atoms with Gasteiger partial charge in [0.1, 0.15) is 5.75 Å². The lowest BCUT2D eigenvalue weighted by Crippen LogP contribution is -2.17. The summed E-state index contributed by atoms with van der Waals surface area (Å²) in [5.74, 6) is 0.404. The SMILES string of the molecule is CCCCCCCCCOc1ccc(/C=N\NC(=O)c2cccc(N)c2)c(Cl)c1. The number of ether oxygens (including phenoxy) is 1. The van der Waals surface area contributed by atoms with Crippen molar-refractivity contribution in [3.05, 3.63) is 58.6 Å². The number of rotatable bonds is 12. The average Bonchev–Trinajstić information content (AvgIpc) is 2.71. The third-order valence-corrected chi connectivity index (χ3v) is 4.83. The molecule has 156 valence electrons. The number of nitrogen functional groups attached to an aromatic ring is 1. The second-order valence-electron chi connectivity index (χ2n) is 6.98. The Morgan fingerprint density at radius 2 is 1.86 bits per heavy atom. The molecule has 5 nitrogen and oxygen atoms in total. The number of hydrogen-bond acceptors (Lipinski definition) is 4. The van der Waals surface area contributed by atoms with Crippen LogP contribution in [0, 0.1) is 0 Å². The first-order chi connectivity index (χ1) is 14.1. The zero-order chi connectivity index (χ0) is 20.9. The summed E-state index contributed by atoms with van der Waals surface area (Å²) in [6.07, 6.45) is 10.2. The summed E-state index contributed by atoms with van der Waals surface area (Å²) in [5, 5.41) is 4.48. The molecule has 0 saturated heterocycles. The Kier molecular flexibility index (Phi) is 10.1. The van der Waals surface area contributed by atoms with Crippen LogP contribution in [0.5, 0.6) is 5.75 Å². The first-order valence-electron chi connectivity index (χ1n) is 10.2. The fourth-order valence-electron chi connectivity index (χ4n) is 2.86. The first kappa shape index (κ1) is 22.8. The standard InChI is InChI=1S/C23H30ClN3O2/c1-2-3-4-5-6-7-8-14-29-21-13-12-19(22(24)16-21)17-26-27-23(28)18-10-9-11-20(25)15-18/h9-13,15-17H,2-8,14,25H2,1H3,(H,27,28)/b26-17-. The van der Waals surface area contributed by atoms with Gasteiger partial charge in [-0.15, -0.1) is 0 Å². The van der Waals surface area contributed by atoms with Crippen molar-refractivity contribution in [3.8, 4) is 5.75 Å². The van der Waals surface area contributed by atoms with Gasteiger partial charge in [-0.25, -0.2) is 5.43 Å². The largest absolute Gasteiger partial charge is 0.494 e. The topological polar surface area (TPSA) is 76.7 Å². The van der Waals surface area contributed by atoms with Crippen molar-refractivity contribution in [1.82, 2.24) is 5.43 Å². The highest BCUT2D eigenvalue weighted by atomic mass is 35.5. The van der Waals surface area contributed by atoms with E-state index >= 15 is 0 Å². The minimum Gasteiger partial charge on any atom is -0.494 e. The van der Waals surface area contributed by atoms with Crippen LogP contribution >= 0.6 is 11.6 Å². The molecule has 0 aliphatic rings. The number of hydrazone groups is 1. The Hall–Kier alpha value is -2.53. The maximum Gasteiger partial charge on any atom is 0.271 e. The maximum atomic E-state index is 12.0. The molecule has 0 radical (unpaired) electrons. The summed E-state index contributed by atoms with van der Waals surface area (Å²) in [5.41, 5.74) is 9.81. The Morgan fingerprint density at radius 3 is 2.59 bits per heavy atom. The van der Waals surface area contributed by atoms with E-state index in [9.17, 15) is 4.79 Å². The summed E-state index contributed by atoms with van der Waals surface area (Å²) < 4.78 is 5.77. The minimum absolute atomic E-state index is 0.334. The van der Waals surface area contributed by atoms with Crippen LogP contribution < -0.4 is 15.9 Å². The molecule has 6 heteroatoms. The van der Waals surface area contributed by atoms with Gasteiger partial charge in [0.2, 0.25) is 0 Å². The number of carbonyl (C=O) groups excluding carboxylic acids is 1. The van der Waals surface area contributed by atoms with Crippen LogP contribution in [0.25, 0.3) is 0 Å². The Morgan fingerprint density at radius 1 is 1.10 bits per heavy atom. The number of halogens is 1. The molecule has 2 aromatic carbocycles. The van der Waals surface area contributed by atoms with E-state index < -0.39 is 0 Å². The van der Waals surface area contributed by atoms with Gasteiger partial charge in [0.05, 0.1) is 17.8 Å². The van der Waals surface area contributed by atoms with Gasteiger partial charge in [-0.3, -0.25) is 4.79 Å². The van der Waals surface area contributed by atoms with Crippen LogP contribution in [0.2, 0.25) is 5.02 Å². The summed E-state index contributed by atoms with van der Waals surface area (Å²) in [6.45, 7) is 2.92. The number of benzene rings is 2. The van der Waals surface area contributed by atoms with Gasteiger partial charge >= 0.3 is 0 Å². The molecule has 2 rings (SSSR count). The van der Waals surface area contributed by atoms with Gasteiger partial charge in [0.15, 0.2) is 0 Å². The lowest BCUT2D eigenvalue weighted by Gasteiger charge is -2.08. The number of unbranched alkanes of at least 4 members (excludes halogenated alkanes) is 6. The van der Waals surface area contributed by atoms with Crippen molar-refractivity contribution in [2.24, 2.45) is 5.10 Å². The van der Waals surface area contributed by atoms with Gasteiger partial charge in [0.25, 0.3) is 5.91 Å². The minimum atomic E-state index is -0.334. The van der Waals surface area contributed by atoms with E-state index in [0.29, 0.717) is 28.4 Å². The van der Waals surface area contributed by atoms with Crippen LogP contribution in [0.4, 0.5) is 5.69 Å². The number of hydrogen-bond donors (Lipinski definition) is 2. The Bertz CT molecular complexity index is 808. The summed E-state index contributed by atoms with van der Waals surface area (Å²) in [6, 6.07) is 12.1. The van der Waals surface area contributed by atoms with Gasteiger partial charge in [0, 0.05) is 16.8 Å². The number of nitrogens with two attached hydrogens (primary N) is 1. The predicted molar refractivity (Wildman–Crippen MR) is 121 cm³/mol. The van der Waals surface area contributed by atoms with Crippen LogP contribution in [0.15, 0.2) is 47.6 Å². The molecular weight excluding hydrogens is 386 g/mol. The molecule has 0 bridgehead atoms. The molecule has 0 saturated carbocycles. The monoisotopic (exact) mass is 415 g/mol. The molecular formula is C23H30ClN3O2. The van der Waals surface area contributed by atoms with E-state index in [4.69, 9.17) is 22.1 Å². The van der Waals surface area contributed by atoms with E-state index in [1.165, 1.54) is 44.7 Å². The summed E-state index contributed by atoms with van der Waals surface area (Å²) in [4.78, 5) is 12.0. The second kappa shape index (κ2) is 12.8. The maximum absolute atomic E-state index is 12.0. The molecule has 0 aliphatic carbocycles. The van der Waals surface area contributed by atoms with Crippen LogP contribution in [0.1, 0.15) is 67.8 Å². The Labute approximate surface area is 178 Å². The van der Waals surface area contributed by atoms with E-state index in [-0.39, 0.29) is 5.91 Å². The zero-order valence-corrected chi connectivity index (χ0v) is 17.8. The predicted octanol–water partition coefficient (Wildman–Crippen LogP) is 5.82. The van der Waals surface area contributed by atoms with Gasteiger partial charge in [-0.2, -0.15) is 5.10 Å². The highest BCUT2D eigenvalue weighted by Crippen LogP contribution is 2.22. The van der Waals surface area contributed by atoms with Gasteiger partial charge in [-0.05, 0) is 42.8 Å². The number of nitrogens with one attached hydrogen (secondary N) is 1. The third kappa shape index (κ3) is 8.57. The molecule has 0 heterocycles. The van der Waals surface area contributed by atoms with Crippen LogP contribution in [0.3, 0.4) is 0 Å². The van der Waals surface area contributed by atoms with E-state index in [0.717, 1.165) is 12.2 Å². The second-order valence-corrected chi connectivity index (χ2v) is 7.38. The number of nitrogens with zero attached hydrogens (tertiary/aromatic N) is 1. The van der Waals surface area contributed by atoms with Crippen LogP contribution in [-0.4, -0.2) is 18.7 Å². The van der Waals surface area contributed by atoms with Crippen molar-refractivity contribution < 1.29 is 9.53 Å². The fraction of sp³-hybridized carbons (Fsp3) is 0.391. The number of amides is 1. The summed E-state index contributed by atoms with van der Waals surface area (Å²) in [7, 11) is 0. The third-order valence-electron chi connectivity index (χ3n) is 4.51. The Balaban J connectivity index is 1.74. The van der Waals surface area contributed by atoms with Crippen molar-refractivity contribution in [3.63, 3.8) is 0 Å². The van der Waals surface area contributed by atoms with Gasteiger partial charge < -0.3 is 10.5 Å². The zero-order valence-electron chi connectivity index (χ0n) is 17.0. The average molecular weight is 416 g/mol. The smallest absolute Gasteiger partial charge is 0.271 e. The number of carbonyl (C=O) groups is 1. The highest BCUT2D eigenvalue weighted by Gasteiger charge is 2.05. The molecule has 0 atom stereocenters. The summed E-state index contributed by atoms with van der Waals surface area (Å²) >= 11 is 6.29. The molecule has 2 aromatic rings. The molecule has 29 heavy (non-hydrogen) atoms. The van der Waals surface area contributed by atoms with Gasteiger partial charge in [-0.1, -0.05) is 63.1 Å². The molecule has 0 aromatic heterocycles. The van der Waals surface area contributed by atoms with E-state index in [1.54, 1.807) is 30.3 Å². The van der Waals surface area contributed by atoms with Crippen molar-refractivity contribution in [2.45, 2.75) is 51.9 Å². The van der Waals surface area contributed by atoms with Crippen molar-refractivity contribution in [2.75, 3.05) is 12.3 Å². The first-order valence-corrected chi connectivity index (χ1v) is 10.6. The lowest BCUT2D eigenvalue weighted by atomic mass is 10.1. The lowest BCUT2D eigenvalue weighted by molar-refractivity contribution is 0.0955. The highest BCUT2D eigenvalue weighted by molar-refractivity contribution is 6.33. The molecule has 1 amide bonds. The molecule has 0 spiro atoms.